The highest BCUT2D eigenvalue weighted by Gasteiger charge is 2.31. The number of nitrogens with two attached hydrogens (primary N) is 2. The zero-order valence-electron chi connectivity index (χ0n) is 9.25. The van der Waals surface area contributed by atoms with Crippen LogP contribution in [-0.4, -0.2) is 8.42 Å². The third kappa shape index (κ3) is 1.42. The number of anilines is 2. The van der Waals surface area contributed by atoms with Crippen LogP contribution in [0.5, 0.6) is 11.5 Å². The van der Waals surface area contributed by atoms with Crippen molar-refractivity contribution in [2.75, 3.05) is 11.5 Å². The molecular formula is C12H10N2O3S. The number of sulfone groups is 1. The van der Waals surface area contributed by atoms with Crippen LogP contribution in [0.25, 0.3) is 0 Å². The minimum Gasteiger partial charge on any atom is -0.455 e. The average Bonchev–Trinajstić information content (AvgIpc) is 2.32. The fourth-order valence-corrected chi connectivity index (χ4v) is 3.44. The van der Waals surface area contributed by atoms with Crippen LogP contribution in [0.4, 0.5) is 11.4 Å². The monoisotopic (exact) mass is 262 g/mol. The van der Waals surface area contributed by atoms with E-state index in [4.69, 9.17) is 16.2 Å². The molecule has 4 N–H and O–H groups in total. The Morgan fingerprint density at radius 2 is 1.28 bits per heavy atom. The topological polar surface area (TPSA) is 95.4 Å². The van der Waals surface area contributed by atoms with Gasteiger partial charge in [0.1, 0.15) is 21.3 Å². The molecule has 92 valence electrons. The first kappa shape index (κ1) is 10.9. The fourth-order valence-electron chi connectivity index (χ4n) is 1.87. The van der Waals surface area contributed by atoms with Crippen LogP contribution >= 0.6 is 0 Å². The molecule has 0 atom stereocenters. The zero-order valence-corrected chi connectivity index (χ0v) is 10.1. The summed E-state index contributed by atoms with van der Waals surface area (Å²) in [5, 5.41) is 0. The Bertz CT molecular complexity index is 696. The van der Waals surface area contributed by atoms with E-state index >= 15 is 0 Å². The van der Waals surface area contributed by atoms with Gasteiger partial charge in [-0.3, -0.25) is 0 Å². The molecule has 0 saturated carbocycles. The van der Waals surface area contributed by atoms with Crippen molar-refractivity contribution in [3.8, 4) is 11.5 Å². The van der Waals surface area contributed by atoms with Crippen molar-refractivity contribution in [3.63, 3.8) is 0 Å². The van der Waals surface area contributed by atoms with Crippen molar-refractivity contribution in [2.24, 2.45) is 0 Å². The maximum atomic E-state index is 12.4. The Labute approximate surface area is 104 Å². The fraction of sp³-hybridized carbons (Fsp3) is 0. The Hall–Kier alpha value is -2.21. The van der Waals surface area contributed by atoms with Gasteiger partial charge in [0.25, 0.3) is 0 Å². The molecule has 0 bridgehead atoms. The van der Waals surface area contributed by atoms with Crippen LogP contribution in [0.15, 0.2) is 46.2 Å². The molecule has 0 aliphatic carbocycles. The molecule has 0 saturated heterocycles. The third-order valence-corrected chi connectivity index (χ3v) is 4.53. The van der Waals surface area contributed by atoms with Gasteiger partial charge in [-0.1, -0.05) is 0 Å². The number of hydrogen-bond donors (Lipinski definition) is 2. The second-order valence-electron chi connectivity index (χ2n) is 4.02. The second kappa shape index (κ2) is 3.39. The normalized spacial score (nSPS) is 15.3. The van der Waals surface area contributed by atoms with Crippen LogP contribution in [0, 0.1) is 0 Å². The highest BCUT2D eigenvalue weighted by molar-refractivity contribution is 7.91. The first-order valence-electron chi connectivity index (χ1n) is 5.20. The maximum Gasteiger partial charge on any atom is 0.214 e. The van der Waals surface area contributed by atoms with Crippen LogP contribution in [-0.2, 0) is 9.84 Å². The van der Waals surface area contributed by atoms with Crippen molar-refractivity contribution >= 4 is 21.2 Å². The van der Waals surface area contributed by atoms with Gasteiger partial charge in [0, 0.05) is 11.4 Å². The number of benzene rings is 2. The van der Waals surface area contributed by atoms with E-state index in [0.717, 1.165) is 0 Å². The predicted molar refractivity (Wildman–Crippen MR) is 67.2 cm³/mol. The Balaban J connectivity index is 2.34. The van der Waals surface area contributed by atoms with E-state index in [2.05, 4.69) is 0 Å². The minimum atomic E-state index is -3.63. The van der Waals surface area contributed by atoms with E-state index in [1.807, 2.05) is 0 Å². The van der Waals surface area contributed by atoms with E-state index in [-0.39, 0.29) is 21.3 Å². The molecule has 6 heteroatoms. The van der Waals surface area contributed by atoms with E-state index < -0.39 is 9.84 Å². The van der Waals surface area contributed by atoms with Crippen LogP contribution in [0.3, 0.4) is 0 Å². The lowest BCUT2D eigenvalue weighted by atomic mass is 10.3. The predicted octanol–water partition coefficient (Wildman–Crippen LogP) is 1.79. The summed E-state index contributed by atoms with van der Waals surface area (Å²) in [7, 11) is -3.63. The number of fused-ring (bicyclic) bond motifs is 2. The van der Waals surface area contributed by atoms with Crippen molar-refractivity contribution in [1.82, 2.24) is 0 Å². The number of ether oxygens (including phenoxy) is 1. The molecule has 2 aromatic rings. The number of rotatable bonds is 0. The van der Waals surface area contributed by atoms with Gasteiger partial charge in [-0.15, -0.1) is 0 Å². The van der Waals surface area contributed by atoms with Gasteiger partial charge in [0.15, 0.2) is 0 Å². The van der Waals surface area contributed by atoms with Gasteiger partial charge < -0.3 is 16.2 Å². The SMILES string of the molecule is Nc1ccc2c(c1)S(=O)(=O)c1cc(N)ccc1O2. The van der Waals surface area contributed by atoms with Crippen LogP contribution in [0.1, 0.15) is 0 Å². The number of hydrogen-bond acceptors (Lipinski definition) is 5. The summed E-state index contributed by atoms with van der Waals surface area (Å²) in [6, 6.07) is 9.05. The van der Waals surface area contributed by atoms with Crippen molar-refractivity contribution < 1.29 is 13.2 Å². The van der Waals surface area contributed by atoms with Gasteiger partial charge in [-0.05, 0) is 36.4 Å². The van der Waals surface area contributed by atoms with Gasteiger partial charge in [0.05, 0.1) is 0 Å². The van der Waals surface area contributed by atoms with E-state index in [1.54, 1.807) is 24.3 Å². The maximum absolute atomic E-state index is 12.4. The second-order valence-corrected chi connectivity index (χ2v) is 5.90. The molecule has 1 heterocycles. The zero-order chi connectivity index (χ0) is 12.9. The molecule has 0 radical (unpaired) electrons. The molecule has 0 unspecified atom stereocenters. The van der Waals surface area contributed by atoms with E-state index in [1.165, 1.54) is 12.1 Å². The first-order valence-corrected chi connectivity index (χ1v) is 6.69. The molecule has 18 heavy (non-hydrogen) atoms. The summed E-state index contributed by atoms with van der Waals surface area (Å²) >= 11 is 0. The summed E-state index contributed by atoms with van der Waals surface area (Å²) in [5.41, 5.74) is 12.0. The van der Waals surface area contributed by atoms with Gasteiger partial charge in [-0.2, -0.15) is 0 Å². The highest BCUT2D eigenvalue weighted by atomic mass is 32.2. The molecule has 0 spiro atoms. The minimum absolute atomic E-state index is 0.0700. The molecule has 1 aliphatic heterocycles. The first-order chi connectivity index (χ1) is 8.48. The summed E-state index contributed by atoms with van der Waals surface area (Å²) in [6.45, 7) is 0. The Morgan fingerprint density at radius 3 is 1.72 bits per heavy atom. The average molecular weight is 262 g/mol. The standard InChI is InChI=1S/C12H10N2O3S/c13-7-1-3-9-11(5-7)18(15,16)12-6-8(14)2-4-10(12)17-9/h1-6H,13-14H2. The van der Waals surface area contributed by atoms with Crippen LogP contribution < -0.4 is 16.2 Å². The molecule has 2 aromatic carbocycles. The lowest BCUT2D eigenvalue weighted by molar-refractivity contribution is 0.443. The molecular weight excluding hydrogens is 252 g/mol. The van der Waals surface area contributed by atoms with Gasteiger partial charge in [-0.25, -0.2) is 8.42 Å². The Kier molecular flexibility index (Phi) is 2.06. The smallest absolute Gasteiger partial charge is 0.214 e. The summed E-state index contributed by atoms with van der Waals surface area (Å²) in [4.78, 5) is 0.140. The molecule has 1 aliphatic rings. The summed E-state index contributed by atoms with van der Waals surface area (Å²) in [6.07, 6.45) is 0. The lowest BCUT2D eigenvalue weighted by Gasteiger charge is -2.20. The molecule has 0 aromatic heterocycles. The summed E-state index contributed by atoms with van der Waals surface area (Å²) in [5.74, 6) is 0.558. The number of nitrogen functional groups attached to an aromatic ring is 2. The largest absolute Gasteiger partial charge is 0.455 e. The molecule has 3 rings (SSSR count). The van der Waals surface area contributed by atoms with Crippen molar-refractivity contribution in [1.29, 1.82) is 0 Å². The van der Waals surface area contributed by atoms with Crippen LogP contribution in [0.2, 0.25) is 0 Å². The highest BCUT2D eigenvalue weighted by Crippen LogP contribution is 2.43. The van der Waals surface area contributed by atoms with Crippen molar-refractivity contribution in [3.05, 3.63) is 36.4 Å². The van der Waals surface area contributed by atoms with E-state index in [9.17, 15) is 8.42 Å². The molecule has 5 nitrogen and oxygen atoms in total. The van der Waals surface area contributed by atoms with E-state index in [0.29, 0.717) is 11.4 Å². The lowest BCUT2D eigenvalue weighted by Crippen LogP contribution is -2.11. The quantitative estimate of drug-likeness (QED) is 0.602. The van der Waals surface area contributed by atoms with Gasteiger partial charge >= 0.3 is 0 Å². The summed E-state index contributed by atoms with van der Waals surface area (Å²) < 4.78 is 30.4. The molecule has 0 amide bonds. The van der Waals surface area contributed by atoms with Gasteiger partial charge in [0.2, 0.25) is 9.84 Å². The third-order valence-electron chi connectivity index (χ3n) is 2.73. The molecule has 0 fully saturated rings. The van der Waals surface area contributed by atoms with Crippen molar-refractivity contribution in [2.45, 2.75) is 9.79 Å². The Morgan fingerprint density at radius 1 is 0.833 bits per heavy atom.